The van der Waals surface area contributed by atoms with Gasteiger partial charge in [0.2, 0.25) is 0 Å². The predicted molar refractivity (Wildman–Crippen MR) is 105 cm³/mol. The molecule has 0 radical (unpaired) electrons. The first-order valence-corrected chi connectivity index (χ1v) is 10.4. The minimum Gasteiger partial charge on any atom is -0.466 e. The second-order valence-electron chi connectivity index (χ2n) is 8.23. The Bertz CT molecular complexity index is 957. The molecule has 30 heavy (non-hydrogen) atoms. The average molecular weight is 417 g/mol. The Hall–Kier alpha value is -2.77. The van der Waals surface area contributed by atoms with Crippen LogP contribution in [0.25, 0.3) is 0 Å². The van der Waals surface area contributed by atoms with Gasteiger partial charge in [-0.15, -0.1) is 0 Å². The van der Waals surface area contributed by atoms with Gasteiger partial charge in [-0.2, -0.15) is 5.10 Å². The third kappa shape index (κ3) is 4.08. The van der Waals surface area contributed by atoms with E-state index in [2.05, 4.69) is 10.2 Å². The number of nitrogens with one attached hydrogen (secondary N) is 1. The molecule has 0 spiro atoms. The topological polar surface area (TPSA) is 75.3 Å². The van der Waals surface area contributed by atoms with Gasteiger partial charge in [-0.05, 0) is 56.7 Å². The van der Waals surface area contributed by atoms with Crippen molar-refractivity contribution in [2.24, 2.45) is 5.41 Å². The highest BCUT2D eigenvalue weighted by molar-refractivity contribution is 5.93. The Morgan fingerprint density at radius 3 is 2.80 bits per heavy atom. The van der Waals surface area contributed by atoms with E-state index < -0.39 is 23.0 Å². The zero-order valence-electron chi connectivity index (χ0n) is 16.9. The van der Waals surface area contributed by atoms with Gasteiger partial charge in [-0.3, -0.25) is 14.7 Å². The Labute approximate surface area is 173 Å². The van der Waals surface area contributed by atoms with Crippen LogP contribution in [0.3, 0.4) is 0 Å². The van der Waals surface area contributed by atoms with Gasteiger partial charge in [-0.25, -0.2) is 8.78 Å². The molecular weight excluding hydrogens is 392 g/mol. The van der Waals surface area contributed by atoms with Crippen molar-refractivity contribution >= 4 is 11.9 Å². The smallest absolute Gasteiger partial charge is 0.314 e. The number of piperidine rings is 1. The number of likely N-dealkylation sites (tertiary alicyclic amines) is 1. The number of aromatic nitrogens is 2. The number of halogens is 2. The number of ether oxygens (including phenoxy) is 1. The summed E-state index contributed by atoms with van der Waals surface area (Å²) in [7, 11) is 0. The minimum atomic E-state index is -1.09. The van der Waals surface area contributed by atoms with Crippen LogP contribution in [-0.2, 0) is 16.0 Å². The number of amides is 1. The van der Waals surface area contributed by atoms with E-state index in [-0.39, 0.29) is 31.0 Å². The Morgan fingerprint density at radius 1 is 1.30 bits per heavy atom. The predicted octanol–water partition coefficient (Wildman–Crippen LogP) is 3.59. The molecule has 4 rings (SSSR count). The summed E-state index contributed by atoms with van der Waals surface area (Å²) in [6.07, 6.45) is 3.26. The molecule has 6 nitrogen and oxygen atoms in total. The molecule has 1 aromatic heterocycles. The van der Waals surface area contributed by atoms with Gasteiger partial charge in [-0.1, -0.05) is 6.07 Å². The quantitative estimate of drug-likeness (QED) is 0.729. The molecule has 1 N–H and O–H groups in total. The van der Waals surface area contributed by atoms with Gasteiger partial charge < -0.3 is 9.64 Å². The standard InChI is InChI=1S/C22H25F2N3O3/c1-2-30-21(29)22(12-15-6-7-16(23)10-17(15)24)8-3-9-27(13-22)20(28)19-11-18(25-26-19)14-4-5-14/h6-7,10-11,14H,2-5,8-9,12-13H2,1H3,(H,25,26)/t22-/m0/s1. The van der Waals surface area contributed by atoms with Crippen molar-refractivity contribution in [2.75, 3.05) is 19.7 Å². The van der Waals surface area contributed by atoms with Crippen molar-refractivity contribution < 1.29 is 23.1 Å². The summed E-state index contributed by atoms with van der Waals surface area (Å²) in [5.74, 6) is -1.66. The summed E-state index contributed by atoms with van der Waals surface area (Å²) in [5, 5.41) is 7.09. The zero-order valence-corrected chi connectivity index (χ0v) is 16.9. The molecule has 1 aliphatic heterocycles. The molecule has 1 aromatic carbocycles. The van der Waals surface area contributed by atoms with E-state index in [4.69, 9.17) is 4.74 Å². The fourth-order valence-corrected chi connectivity index (χ4v) is 4.21. The van der Waals surface area contributed by atoms with Crippen LogP contribution in [0, 0.1) is 17.0 Å². The lowest BCUT2D eigenvalue weighted by atomic mass is 9.74. The number of H-pyrrole nitrogens is 1. The van der Waals surface area contributed by atoms with E-state index in [0.717, 1.165) is 24.6 Å². The number of hydrogen-bond acceptors (Lipinski definition) is 4. The van der Waals surface area contributed by atoms with Crippen LogP contribution in [0.5, 0.6) is 0 Å². The second kappa shape index (κ2) is 8.16. The summed E-state index contributed by atoms with van der Waals surface area (Å²) in [6, 6.07) is 5.11. The van der Waals surface area contributed by atoms with Gasteiger partial charge in [0, 0.05) is 30.8 Å². The second-order valence-corrected chi connectivity index (χ2v) is 8.23. The Morgan fingerprint density at radius 2 is 2.10 bits per heavy atom. The lowest BCUT2D eigenvalue weighted by molar-refractivity contribution is -0.158. The number of benzene rings is 1. The van der Waals surface area contributed by atoms with Gasteiger partial charge in [0.05, 0.1) is 12.0 Å². The van der Waals surface area contributed by atoms with Crippen LogP contribution in [0.1, 0.15) is 60.3 Å². The van der Waals surface area contributed by atoms with E-state index in [9.17, 15) is 18.4 Å². The largest absolute Gasteiger partial charge is 0.466 e. The number of carbonyl (C=O) groups is 2. The highest BCUT2D eigenvalue weighted by atomic mass is 19.1. The van der Waals surface area contributed by atoms with Crippen LogP contribution in [-0.4, -0.2) is 46.7 Å². The van der Waals surface area contributed by atoms with E-state index in [1.54, 1.807) is 17.9 Å². The molecular formula is C22H25F2N3O3. The molecule has 0 bridgehead atoms. The van der Waals surface area contributed by atoms with E-state index >= 15 is 0 Å². The maximum Gasteiger partial charge on any atom is 0.314 e. The fourth-order valence-electron chi connectivity index (χ4n) is 4.21. The molecule has 160 valence electrons. The van der Waals surface area contributed by atoms with Crippen LogP contribution in [0.4, 0.5) is 8.78 Å². The van der Waals surface area contributed by atoms with Gasteiger partial charge >= 0.3 is 5.97 Å². The van der Waals surface area contributed by atoms with Gasteiger partial charge in [0.25, 0.3) is 5.91 Å². The molecule has 1 atom stereocenters. The summed E-state index contributed by atoms with van der Waals surface area (Å²) < 4.78 is 33.0. The number of nitrogens with zero attached hydrogens (tertiary/aromatic N) is 2. The number of hydrogen-bond donors (Lipinski definition) is 1. The van der Waals surface area contributed by atoms with Crippen molar-refractivity contribution in [2.45, 2.75) is 44.9 Å². The highest BCUT2D eigenvalue weighted by Crippen LogP contribution is 2.40. The lowest BCUT2D eigenvalue weighted by Crippen LogP contribution is -2.51. The average Bonchev–Trinajstić information content (AvgIpc) is 3.47. The molecule has 8 heteroatoms. The van der Waals surface area contributed by atoms with Crippen LogP contribution >= 0.6 is 0 Å². The normalized spacial score (nSPS) is 21.5. The fraction of sp³-hybridized carbons (Fsp3) is 0.500. The molecule has 2 heterocycles. The van der Waals surface area contributed by atoms with E-state index in [1.807, 2.05) is 0 Å². The number of carbonyl (C=O) groups excluding carboxylic acids is 2. The third-order valence-corrected chi connectivity index (χ3v) is 5.95. The Balaban J connectivity index is 1.58. The molecule has 1 saturated heterocycles. The molecule has 2 fully saturated rings. The first-order chi connectivity index (χ1) is 14.4. The number of rotatable bonds is 6. The summed E-state index contributed by atoms with van der Waals surface area (Å²) in [5.41, 5.74) is 0.428. The van der Waals surface area contributed by atoms with Crippen molar-refractivity contribution in [3.8, 4) is 0 Å². The number of esters is 1. The molecule has 0 unspecified atom stereocenters. The molecule has 1 aliphatic carbocycles. The molecule has 2 aromatic rings. The van der Waals surface area contributed by atoms with Crippen LogP contribution in [0.15, 0.2) is 24.3 Å². The van der Waals surface area contributed by atoms with Crippen molar-refractivity contribution in [1.29, 1.82) is 0 Å². The molecule has 2 aliphatic rings. The monoisotopic (exact) mass is 417 g/mol. The SMILES string of the molecule is CCOC(=O)[C@]1(Cc2ccc(F)cc2F)CCCN(C(=O)c2cc(C3CC3)[nH]n2)C1. The van der Waals surface area contributed by atoms with Gasteiger partial charge in [0.1, 0.15) is 17.3 Å². The van der Waals surface area contributed by atoms with Crippen LogP contribution in [0.2, 0.25) is 0 Å². The highest BCUT2D eigenvalue weighted by Gasteiger charge is 2.45. The van der Waals surface area contributed by atoms with Crippen LogP contribution < -0.4 is 0 Å². The molecule has 1 saturated carbocycles. The first-order valence-electron chi connectivity index (χ1n) is 10.4. The molecule has 1 amide bonds. The van der Waals surface area contributed by atoms with Crippen molar-refractivity contribution in [3.63, 3.8) is 0 Å². The summed E-state index contributed by atoms with van der Waals surface area (Å²) >= 11 is 0. The van der Waals surface area contributed by atoms with Crippen molar-refractivity contribution in [3.05, 3.63) is 52.9 Å². The van der Waals surface area contributed by atoms with Crippen molar-refractivity contribution in [1.82, 2.24) is 15.1 Å². The van der Waals surface area contributed by atoms with Gasteiger partial charge in [0.15, 0.2) is 0 Å². The zero-order chi connectivity index (χ0) is 21.3. The minimum absolute atomic E-state index is 0.0373. The first kappa shape index (κ1) is 20.5. The summed E-state index contributed by atoms with van der Waals surface area (Å²) in [6.45, 7) is 2.48. The Kier molecular flexibility index (Phi) is 5.58. The lowest BCUT2D eigenvalue weighted by Gasteiger charge is -2.41. The maximum atomic E-state index is 14.3. The third-order valence-electron chi connectivity index (χ3n) is 5.95. The number of aromatic amines is 1. The van der Waals surface area contributed by atoms with E-state index in [0.29, 0.717) is 31.0 Å². The summed E-state index contributed by atoms with van der Waals surface area (Å²) in [4.78, 5) is 27.6. The maximum absolute atomic E-state index is 14.3. The van der Waals surface area contributed by atoms with E-state index in [1.165, 1.54) is 12.1 Å².